The molecule has 0 amide bonds. The third kappa shape index (κ3) is 4.34. The van der Waals surface area contributed by atoms with Crippen molar-refractivity contribution in [2.45, 2.75) is 58.2 Å². The number of rotatable bonds is 7. The summed E-state index contributed by atoms with van der Waals surface area (Å²) in [6.45, 7) is 7.96. The van der Waals surface area contributed by atoms with Gasteiger partial charge >= 0.3 is 0 Å². The molecule has 0 aromatic carbocycles. The highest BCUT2D eigenvalue weighted by atomic mass is 35.5. The maximum Gasteiger partial charge on any atom is 0.177 e. The van der Waals surface area contributed by atoms with E-state index in [1.54, 1.807) is 6.92 Å². The fourth-order valence-electron chi connectivity index (χ4n) is 3.18. The highest BCUT2D eigenvalue weighted by Gasteiger charge is 2.19. The number of nitrogens with zero attached hydrogens (tertiary/aromatic N) is 3. The predicted molar refractivity (Wildman–Crippen MR) is 104 cm³/mol. The van der Waals surface area contributed by atoms with Crippen molar-refractivity contribution < 1.29 is 5.11 Å². The van der Waals surface area contributed by atoms with E-state index in [2.05, 4.69) is 39.9 Å². The number of hydrogen-bond acceptors (Lipinski definition) is 6. The van der Waals surface area contributed by atoms with Gasteiger partial charge in [-0.2, -0.15) is 0 Å². The van der Waals surface area contributed by atoms with E-state index in [1.807, 2.05) is 16.8 Å². The molecule has 2 aromatic rings. The molecule has 4 N–H and O–H groups in total. The average Bonchev–Trinajstić information content (AvgIpc) is 3.21. The van der Waals surface area contributed by atoms with E-state index in [-0.39, 0.29) is 18.4 Å². The lowest BCUT2D eigenvalue weighted by atomic mass is 10.1. The summed E-state index contributed by atoms with van der Waals surface area (Å²) in [6, 6.07) is 2.39. The summed E-state index contributed by atoms with van der Waals surface area (Å²) in [6.07, 6.45) is 4.25. The number of fused-ring (bicyclic) bond motifs is 1. The molecule has 3 rings (SSSR count). The van der Waals surface area contributed by atoms with Crippen LogP contribution in [0, 0.1) is 0 Å². The van der Waals surface area contributed by atoms with Crippen LogP contribution in [0.3, 0.4) is 0 Å². The lowest BCUT2D eigenvalue weighted by Crippen LogP contribution is -2.31. The summed E-state index contributed by atoms with van der Waals surface area (Å²) in [5.74, 6) is 0.761. The molecule has 2 aromatic heterocycles. The minimum absolute atomic E-state index is 0. The molecule has 1 fully saturated rings. The SMILES string of the molecule is CCc1cnc2c(N[C@H]3CCNC3)cc(N[C@@H](CC)[C@@H](C)O)nn12.Cl. The first-order valence-corrected chi connectivity index (χ1v) is 8.91. The van der Waals surface area contributed by atoms with Gasteiger partial charge in [0.2, 0.25) is 0 Å². The molecule has 0 radical (unpaired) electrons. The number of aryl methyl sites for hydroxylation is 1. The number of aliphatic hydroxyl groups excluding tert-OH is 1. The van der Waals surface area contributed by atoms with Crippen LogP contribution >= 0.6 is 12.4 Å². The lowest BCUT2D eigenvalue weighted by molar-refractivity contribution is 0.169. The number of nitrogens with one attached hydrogen (secondary N) is 3. The maximum atomic E-state index is 9.91. The Kier molecular flexibility index (Phi) is 6.87. The molecule has 1 aliphatic heterocycles. The number of halogens is 1. The van der Waals surface area contributed by atoms with Gasteiger partial charge < -0.3 is 21.1 Å². The van der Waals surface area contributed by atoms with Gasteiger partial charge in [0.1, 0.15) is 5.82 Å². The van der Waals surface area contributed by atoms with E-state index in [0.717, 1.165) is 55.2 Å². The van der Waals surface area contributed by atoms with Gasteiger partial charge in [-0.1, -0.05) is 13.8 Å². The van der Waals surface area contributed by atoms with Crippen LogP contribution in [0.1, 0.15) is 39.3 Å². The Morgan fingerprint density at radius 3 is 2.84 bits per heavy atom. The Labute approximate surface area is 155 Å². The number of imidazole rings is 1. The van der Waals surface area contributed by atoms with Gasteiger partial charge in [0.25, 0.3) is 0 Å². The van der Waals surface area contributed by atoms with Gasteiger partial charge in [0.15, 0.2) is 5.65 Å². The zero-order valence-electron chi connectivity index (χ0n) is 15.1. The van der Waals surface area contributed by atoms with Crippen LogP contribution in [0.4, 0.5) is 11.5 Å². The summed E-state index contributed by atoms with van der Waals surface area (Å²) in [4.78, 5) is 4.55. The fourth-order valence-corrected chi connectivity index (χ4v) is 3.18. The molecule has 3 atom stereocenters. The van der Waals surface area contributed by atoms with Gasteiger partial charge in [-0.15, -0.1) is 17.5 Å². The van der Waals surface area contributed by atoms with Crippen LogP contribution in [-0.2, 0) is 6.42 Å². The number of hydrogen-bond donors (Lipinski definition) is 4. The van der Waals surface area contributed by atoms with Gasteiger partial charge in [-0.25, -0.2) is 9.50 Å². The van der Waals surface area contributed by atoms with Crippen LogP contribution in [0.5, 0.6) is 0 Å². The molecule has 0 bridgehead atoms. The van der Waals surface area contributed by atoms with Crippen molar-refractivity contribution in [3.05, 3.63) is 18.0 Å². The Morgan fingerprint density at radius 2 is 2.24 bits per heavy atom. The summed E-state index contributed by atoms with van der Waals surface area (Å²) in [7, 11) is 0. The van der Waals surface area contributed by atoms with E-state index >= 15 is 0 Å². The first-order chi connectivity index (χ1) is 11.6. The summed E-state index contributed by atoms with van der Waals surface area (Å²) in [5, 5.41) is 24.9. The van der Waals surface area contributed by atoms with Gasteiger partial charge in [0, 0.05) is 18.7 Å². The molecule has 0 saturated carbocycles. The van der Waals surface area contributed by atoms with Crippen molar-refractivity contribution in [1.29, 1.82) is 0 Å². The predicted octanol–water partition coefficient (Wildman–Crippen LogP) is 2.06. The Bertz CT molecular complexity index is 683. The van der Waals surface area contributed by atoms with Crippen molar-refractivity contribution in [1.82, 2.24) is 19.9 Å². The molecule has 3 heterocycles. The average molecular weight is 369 g/mol. The van der Waals surface area contributed by atoms with Crippen molar-refractivity contribution in [2.24, 2.45) is 0 Å². The minimum Gasteiger partial charge on any atom is -0.391 e. The molecule has 140 valence electrons. The molecule has 8 heteroatoms. The first-order valence-electron chi connectivity index (χ1n) is 8.91. The van der Waals surface area contributed by atoms with E-state index < -0.39 is 6.10 Å². The van der Waals surface area contributed by atoms with Crippen molar-refractivity contribution in [3.8, 4) is 0 Å². The highest BCUT2D eigenvalue weighted by molar-refractivity contribution is 5.85. The molecule has 0 aliphatic carbocycles. The van der Waals surface area contributed by atoms with E-state index in [1.165, 1.54) is 0 Å². The Balaban J connectivity index is 0.00000225. The number of aliphatic hydroxyl groups is 1. The quantitative estimate of drug-likeness (QED) is 0.598. The van der Waals surface area contributed by atoms with Crippen LogP contribution in [0.2, 0.25) is 0 Å². The topological polar surface area (TPSA) is 86.5 Å². The monoisotopic (exact) mass is 368 g/mol. The number of anilines is 2. The molecule has 1 aliphatic rings. The van der Waals surface area contributed by atoms with E-state index in [9.17, 15) is 5.11 Å². The van der Waals surface area contributed by atoms with Crippen molar-refractivity contribution in [3.63, 3.8) is 0 Å². The molecule has 25 heavy (non-hydrogen) atoms. The molecule has 1 saturated heterocycles. The largest absolute Gasteiger partial charge is 0.391 e. The zero-order chi connectivity index (χ0) is 17.1. The third-order valence-corrected chi connectivity index (χ3v) is 4.68. The van der Waals surface area contributed by atoms with Crippen LogP contribution < -0.4 is 16.0 Å². The third-order valence-electron chi connectivity index (χ3n) is 4.68. The van der Waals surface area contributed by atoms with E-state index in [4.69, 9.17) is 0 Å². The second kappa shape index (κ2) is 8.69. The van der Waals surface area contributed by atoms with Crippen LogP contribution in [0.25, 0.3) is 5.65 Å². The summed E-state index contributed by atoms with van der Waals surface area (Å²) in [5.41, 5.74) is 2.92. The molecular formula is C17H29ClN6O. The molecular weight excluding hydrogens is 340 g/mol. The maximum absolute atomic E-state index is 9.91. The van der Waals surface area contributed by atoms with Crippen LogP contribution in [0.15, 0.2) is 12.3 Å². The van der Waals surface area contributed by atoms with Crippen LogP contribution in [-0.4, -0.2) is 51.0 Å². The summed E-state index contributed by atoms with van der Waals surface area (Å²) < 4.78 is 1.90. The second-order valence-corrected chi connectivity index (χ2v) is 6.52. The fraction of sp³-hybridized carbons (Fsp3) is 0.647. The van der Waals surface area contributed by atoms with Gasteiger partial charge in [0.05, 0.1) is 29.7 Å². The summed E-state index contributed by atoms with van der Waals surface area (Å²) >= 11 is 0. The van der Waals surface area contributed by atoms with Crippen molar-refractivity contribution >= 4 is 29.6 Å². The number of aromatic nitrogens is 3. The Morgan fingerprint density at radius 1 is 1.44 bits per heavy atom. The van der Waals surface area contributed by atoms with Crippen molar-refractivity contribution in [2.75, 3.05) is 23.7 Å². The second-order valence-electron chi connectivity index (χ2n) is 6.52. The molecule has 7 nitrogen and oxygen atoms in total. The normalized spacial score (nSPS) is 19.4. The standard InChI is InChI=1S/C17H28N6O.ClH/c1-4-13-10-19-17-15(20-12-6-7-18-9-12)8-16(22-23(13)17)21-14(5-2)11(3)24;/h8,10-12,14,18,20,24H,4-7,9H2,1-3H3,(H,21,22);1H/t11-,12+,14+;/m1./s1. The highest BCUT2D eigenvalue weighted by Crippen LogP contribution is 2.23. The van der Waals surface area contributed by atoms with Gasteiger partial charge in [-0.05, 0) is 32.7 Å². The Hall–Kier alpha value is -1.57. The lowest BCUT2D eigenvalue weighted by Gasteiger charge is -2.21. The smallest absolute Gasteiger partial charge is 0.177 e. The molecule has 0 unspecified atom stereocenters. The minimum atomic E-state index is -0.434. The zero-order valence-corrected chi connectivity index (χ0v) is 15.9. The molecule has 0 spiro atoms. The van der Waals surface area contributed by atoms with Gasteiger partial charge in [-0.3, -0.25) is 0 Å². The van der Waals surface area contributed by atoms with E-state index in [0.29, 0.717) is 6.04 Å². The first kappa shape index (κ1) is 19.8.